The quantitative estimate of drug-likeness (QED) is 0.612. The van der Waals surface area contributed by atoms with Crippen molar-refractivity contribution in [2.75, 3.05) is 13.2 Å². The van der Waals surface area contributed by atoms with E-state index in [2.05, 4.69) is 12.2 Å². The zero-order valence-electron chi connectivity index (χ0n) is 6.77. The van der Waals surface area contributed by atoms with E-state index in [4.69, 9.17) is 0 Å². The zero-order chi connectivity index (χ0) is 8.27. The van der Waals surface area contributed by atoms with E-state index < -0.39 is 0 Å². The predicted octanol–water partition coefficient (Wildman–Crippen LogP) is 1.12. The molecule has 1 N–H and O–H groups in total. The van der Waals surface area contributed by atoms with Crippen LogP contribution in [0, 0.1) is 11.8 Å². The maximum Gasteiger partial charge on any atom is 0.223 e. The Morgan fingerprint density at radius 3 is 2.82 bits per heavy atom. The molecule has 0 aromatic carbocycles. The van der Waals surface area contributed by atoms with Crippen LogP contribution in [-0.2, 0) is 4.79 Å². The van der Waals surface area contributed by atoms with Gasteiger partial charge < -0.3 is 5.32 Å². The molecule has 0 unspecified atom stereocenters. The minimum atomic E-state index is -0.347. The highest BCUT2D eigenvalue weighted by atomic mass is 19.1. The van der Waals surface area contributed by atoms with Crippen molar-refractivity contribution < 1.29 is 9.18 Å². The lowest BCUT2D eigenvalue weighted by Crippen LogP contribution is -2.26. The molecule has 0 aromatic rings. The summed E-state index contributed by atoms with van der Waals surface area (Å²) < 4.78 is 11.6. The summed E-state index contributed by atoms with van der Waals surface area (Å²) in [5.74, 6) is 0.862. The van der Waals surface area contributed by atoms with Crippen LogP contribution in [0.1, 0.15) is 19.8 Å². The lowest BCUT2D eigenvalue weighted by molar-refractivity contribution is -0.122. The van der Waals surface area contributed by atoms with Gasteiger partial charge in [-0.3, -0.25) is 9.18 Å². The molecule has 1 amide bonds. The second-order valence-electron chi connectivity index (χ2n) is 3.15. The predicted molar refractivity (Wildman–Crippen MR) is 40.9 cm³/mol. The Balaban J connectivity index is 2.03. The molecule has 0 aliphatic heterocycles. The van der Waals surface area contributed by atoms with Gasteiger partial charge in [0.1, 0.15) is 0 Å². The maximum absolute atomic E-state index is 11.6. The van der Waals surface area contributed by atoms with Crippen LogP contribution in [0.3, 0.4) is 0 Å². The maximum atomic E-state index is 11.6. The topological polar surface area (TPSA) is 29.1 Å². The average Bonchev–Trinajstić information content (AvgIpc) is 2.67. The molecule has 0 spiro atoms. The van der Waals surface area contributed by atoms with Crippen LogP contribution >= 0.6 is 0 Å². The number of alkyl halides is 1. The summed E-state index contributed by atoms with van der Waals surface area (Å²) >= 11 is 0. The molecule has 1 aliphatic carbocycles. The van der Waals surface area contributed by atoms with E-state index in [9.17, 15) is 9.18 Å². The van der Waals surface area contributed by atoms with Crippen molar-refractivity contribution in [1.82, 2.24) is 5.32 Å². The number of halogens is 1. The molecule has 1 fully saturated rings. The third-order valence-corrected chi connectivity index (χ3v) is 2.06. The SMILES string of the molecule is C[C@@H]1C[C@H]1C(=O)NCCCF. The fourth-order valence-corrected chi connectivity index (χ4v) is 1.10. The van der Waals surface area contributed by atoms with E-state index in [1.165, 1.54) is 0 Å². The van der Waals surface area contributed by atoms with Gasteiger partial charge in [-0.2, -0.15) is 0 Å². The summed E-state index contributed by atoms with van der Waals surface area (Å²) in [6.07, 6.45) is 1.44. The fraction of sp³-hybridized carbons (Fsp3) is 0.875. The molecule has 0 radical (unpaired) electrons. The first kappa shape index (κ1) is 8.50. The Hall–Kier alpha value is -0.600. The summed E-state index contributed by atoms with van der Waals surface area (Å²) in [7, 11) is 0. The van der Waals surface area contributed by atoms with Gasteiger partial charge in [-0.05, 0) is 18.8 Å². The van der Waals surface area contributed by atoms with Crippen molar-refractivity contribution in [2.24, 2.45) is 11.8 Å². The molecule has 1 aliphatic rings. The Bertz CT molecular complexity index is 149. The van der Waals surface area contributed by atoms with Gasteiger partial charge in [-0.1, -0.05) is 6.92 Å². The number of carbonyl (C=O) groups excluding carboxylic acids is 1. The monoisotopic (exact) mass is 159 g/mol. The molecule has 11 heavy (non-hydrogen) atoms. The van der Waals surface area contributed by atoms with Crippen LogP contribution in [0.25, 0.3) is 0 Å². The van der Waals surface area contributed by atoms with Crippen molar-refractivity contribution in [2.45, 2.75) is 19.8 Å². The molecule has 64 valence electrons. The van der Waals surface area contributed by atoms with E-state index in [0.717, 1.165) is 6.42 Å². The highest BCUT2D eigenvalue weighted by Crippen LogP contribution is 2.37. The highest BCUT2D eigenvalue weighted by molar-refractivity contribution is 5.81. The van der Waals surface area contributed by atoms with Crippen molar-refractivity contribution >= 4 is 5.91 Å². The standard InChI is InChI=1S/C8H14FNO/c1-6-5-7(6)8(11)10-4-2-3-9/h6-7H,2-5H2,1H3,(H,10,11)/t6-,7-/m1/s1. The smallest absolute Gasteiger partial charge is 0.223 e. The average molecular weight is 159 g/mol. The molecule has 0 bridgehead atoms. The first-order valence-corrected chi connectivity index (χ1v) is 4.09. The largest absolute Gasteiger partial charge is 0.356 e. The van der Waals surface area contributed by atoms with Crippen LogP contribution in [0.4, 0.5) is 4.39 Å². The first-order valence-electron chi connectivity index (χ1n) is 4.09. The zero-order valence-corrected chi connectivity index (χ0v) is 6.77. The summed E-state index contributed by atoms with van der Waals surface area (Å²) in [4.78, 5) is 11.1. The lowest BCUT2D eigenvalue weighted by atomic mass is 10.3. The van der Waals surface area contributed by atoms with E-state index in [1.807, 2.05) is 0 Å². The third-order valence-electron chi connectivity index (χ3n) is 2.06. The summed E-state index contributed by atoms with van der Waals surface area (Å²) in [5.41, 5.74) is 0. The van der Waals surface area contributed by atoms with Crippen LogP contribution in [0.15, 0.2) is 0 Å². The molecule has 0 saturated heterocycles. The summed E-state index contributed by atoms with van der Waals surface area (Å²) in [6, 6.07) is 0. The molecule has 2 atom stereocenters. The van der Waals surface area contributed by atoms with Gasteiger partial charge in [0.2, 0.25) is 5.91 Å². The first-order chi connectivity index (χ1) is 5.25. The molecular weight excluding hydrogens is 145 g/mol. The van der Waals surface area contributed by atoms with E-state index >= 15 is 0 Å². The second-order valence-corrected chi connectivity index (χ2v) is 3.15. The Kier molecular flexibility index (Phi) is 2.85. The van der Waals surface area contributed by atoms with Gasteiger partial charge in [0, 0.05) is 12.5 Å². The van der Waals surface area contributed by atoms with Crippen molar-refractivity contribution in [1.29, 1.82) is 0 Å². The van der Waals surface area contributed by atoms with Crippen molar-refractivity contribution in [3.8, 4) is 0 Å². The van der Waals surface area contributed by atoms with Gasteiger partial charge in [0.25, 0.3) is 0 Å². The van der Waals surface area contributed by atoms with Gasteiger partial charge >= 0.3 is 0 Å². The molecule has 3 heteroatoms. The van der Waals surface area contributed by atoms with Gasteiger partial charge in [-0.15, -0.1) is 0 Å². The van der Waals surface area contributed by atoms with Crippen LogP contribution in [0.2, 0.25) is 0 Å². The number of hydrogen-bond acceptors (Lipinski definition) is 1. The minimum Gasteiger partial charge on any atom is -0.356 e. The van der Waals surface area contributed by atoms with Crippen LogP contribution in [0.5, 0.6) is 0 Å². The number of nitrogens with one attached hydrogen (secondary N) is 1. The molecule has 2 nitrogen and oxygen atoms in total. The van der Waals surface area contributed by atoms with Crippen molar-refractivity contribution in [3.05, 3.63) is 0 Å². The van der Waals surface area contributed by atoms with Gasteiger partial charge in [0.15, 0.2) is 0 Å². The molecule has 1 rings (SSSR count). The van der Waals surface area contributed by atoms with Crippen LogP contribution < -0.4 is 5.32 Å². The van der Waals surface area contributed by atoms with E-state index in [0.29, 0.717) is 18.9 Å². The van der Waals surface area contributed by atoms with Crippen molar-refractivity contribution in [3.63, 3.8) is 0 Å². The summed E-state index contributed by atoms with van der Waals surface area (Å²) in [6.45, 7) is 2.19. The number of hydrogen-bond donors (Lipinski definition) is 1. The highest BCUT2D eigenvalue weighted by Gasteiger charge is 2.38. The van der Waals surface area contributed by atoms with E-state index in [-0.39, 0.29) is 18.5 Å². The lowest BCUT2D eigenvalue weighted by Gasteiger charge is -2.00. The third kappa shape index (κ3) is 2.48. The second kappa shape index (κ2) is 3.69. The van der Waals surface area contributed by atoms with E-state index in [1.54, 1.807) is 0 Å². The number of amides is 1. The number of carbonyl (C=O) groups is 1. The summed E-state index contributed by atoms with van der Waals surface area (Å²) in [5, 5.41) is 2.70. The Morgan fingerprint density at radius 1 is 1.73 bits per heavy atom. The minimum absolute atomic E-state index is 0.103. The molecular formula is C8H14FNO. The number of rotatable bonds is 4. The fourth-order valence-electron chi connectivity index (χ4n) is 1.10. The van der Waals surface area contributed by atoms with Crippen LogP contribution in [-0.4, -0.2) is 19.1 Å². The van der Waals surface area contributed by atoms with Gasteiger partial charge in [-0.25, -0.2) is 0 Å². The Labute approximate surface area is 66.2 Å². The Morgan fingerprint density at radius 2 is 2.36 bits per heavy atom. The normalized spacial score (nSPS) is 28.2. The van der Waals surface area contributed by atoms with Gasteiger partial charge in [0.05, 0.1) is 6.67 Å². The molecule has 0 heterocycles. The molecule has 0 aromatic heterocycles. The molecule has 1 saturated carbocycles.